The molecule has 6 nitrogen and oxygen atoms in total. The van der Waals surface area contributed by atoms with Crippen LogP contribution >= 0.6 is 0 Å². The lowest BCUT2D eigenvalue weighted by atomic mass is 10.0. The molecule has 2 unspecified atom stereocenters. The Morgan fingerprint density at radius 1 is 0.962 bits per heavy atom. The summed E-state index contributed by atoms with van der Waals surface area (Å²) in [7, 11) is -3.91. The van der Waals surface area contributed by atoms with E-state index in [9.17, 15) is 17.2 Å². The van der Waals surface area contributed by atoms with Crippen molar-refractivity contribution < 1.29 is 17.2 Å². The predicted octanol–water partition coefficient (Wildman–Crippen LogP) is 1.82. The number of fused-ring (bicyclic) bond motifs is 1. The summed E-state index contributed by atoms with van der Waals surface area (Å²) < 4.78 is 53.6. The van der Waals surface area contributed by atoms with Crippen molar-refractivity contribution >= 4 is 15.8 Å². The van der Waals surface area contributed by atoms with Gasteiger partial charge in [0, 0.05) is 44.0 Å². The van der Waals surface area contributed by atoms with Crippen LogP contribution in [0.15, 0.2) is 35.5 Å². The van der Waals surface area contributed by atoms with Crippen molar-refractivity contribution in [3.8, 4) is 0 Å². The van der Waals surface area contributed by atoms with Crippen LogP contribution in [0.5, 0.6) is 0 Å². The molecule has 0 radical (unpaired) electrons. The van der Waals surface area contributed by atoms with Gasteiger partial charge in [-0.2, -0.15) is 4.31 Å². The highest BCUT2D eigenvalue weighted by molar-refractivity contribution is 7.89. The van der Waals surface area contributed by atoms with E-state index in [-0.39, 0.29) is 16.7 Å². The molecule has 2 aromatic rings. The van der Waals surface area contributed by atoms with Gasteiger partial charge >= 0.3 is 0 Å². The third kappa shape index (κ3) is 3.05. The van der Waals surface area contributed by atoms with Gasteiger partial charge in [0.2, 0.25) is 10.0 Å². The smallest absolute Gasteiger partial charge is 0.243 e. The predicted molar refractivity (Wildman–Crippen MR) is 91.1 cm³/mol. The Hall–Kier alpha value is -2.13. The number of sulfonamides is 1. The van der Waals surface area contributed by atoms with Crippen LogP contribution in [0.3, 0.4) is 0 Å². The summed E-state index contributed by atoms with van der Waals surface area (Å²) in [6.45, 7) is 3.97. The van der Waals surface area contributed by atoms with E-state index in [4.69, 9.17) is 0 Å². The lowest BCUT2D eigenvalue weighted by Gasteiger charge is -2.22. The Labute approximate surface area is 150 Å². The maximum Gasteiger partial charge on any atom is 0.243 e. The minimum absolute atomic E-state index is 0.165. The number of halogens is 2. The number of nitrogens with zero attached hydrogens (tertiary/aromatic N) is 4. The summed E-state index contributed by atoms with van der Waals surface area (Å²) in [6, 6.07) is 4.30. The fourth-order valence-electron chi connectivity index (χ4n) is 3.77. The lowest BCUT2D eigenvalue weighted by Crippen LogP contribution is -2.33. The van der Waals surface area contributed by atoms with Gasteiger partial charge in [-0.15, -0.1) is 0 Å². The van der Waals surface area contributed by atoms with Gasteiger partial charge in [-0.1, -0.05) is 0 Å². The number of hydrogen-bond donors (Lipinski definition) is 0. The van der Waals surface area contributed by atoms with Gasteiger partial charge in [-0.05, 0) is 30.9 Å². The zero-order valence-electron chi connectivity index (χ0n) is 14.1. The molecule has 2 fully saturated rings. The zero-order valence-corrected chi connectivity index (χ0v) is 15.0. The van der Waals surface area contributed by atoms with E-state index < -0.39 is 21.7 Å². The molecule has 2 saturated heterocycles. The highest BCUT2D eigenvalue weighted by Gasteiger charge is 2.44. The number of aromatic nitrogens is 2. The van der Waals surface area contributed by atoms with E-state index in [1.54, 1.807) is 0 Å². The molecule has 3 heterocycles. The van der Waals surface area contributed by atoms with Crippen LogP contribution < -0.4 is 4.90 Å². The van der Waals surface area contributed by atoms with Gasteiger partial charge in [0.15, 0.2) is 0 Å². The second kappa shape index (κ2) is 6.24. The van der Waals surface area contributed by atoms with E-state index in [1.807, 2.05) is 13.0 Å². The molecule has 2 aliphatic heterocycles. The number of benzene rings is 1. The Kier molecular flexibility index (Phi) is 4.15. The SMILES string of the molecule is Cc1cc(N2CC3CN(S(=O)(=O)c4cc(F)cc(F)c4)CC3C2)ncn1. The first-order valence-corrected chi connectivity index (χ1v) is 9.77. The minimum atomic E-state index is -3.91. The maximum absolute atomic E-state index is 13.4. The van der Waals surface area contributed by atoms with Crippen LogP contribution in [-0.4, -0.2) is 48.9 Å². The molecule has 9 heteroatoms. The molecule has 2 atom stereocenters. The standard InChI is InChI=1S/C17H18F2N4O2S/c1-11-2-17(21-10-20-11)22-6-12-8-23(9-13(12)7-22)26(24,25)16-4-14(18)3-15(19)5-16/h2-5,10,12-13H,6-9H2,1H3. The third-order valence-electron chi connectivity index (χ3n) is 5.04. The highest BCUT2D eigenvalue weighted by atomic mass is 32.2. The first kappa shape index (κ1) is 17.3. The van der Waals surface area contributed by atoms with E-state index in [0.717, 1.165) is 23.6 Å². The third-order valence-corrected chi connectivity index (χ3v) is 6.85. The second-order valence-corrected chi connectivity index (χ2v) is 8.81. The van der Waals surface area contributed by atoms with Gasteiger partial charge in [0.25, 0.3) is 0 Å². The summed E-state index contributed by atoms with van der Waals surface area (Å²) >= 11 is 0. The number of rotatable bonds is 3. The lowest BCUT2D eigenvalue weighted by molar-refractivity contribution is 0.451. The van der Waals surface area contributed by atoms with Crippen molar-refractivity contribution in [1.82, 2.24) is 14.3 Å². The topological polar surface area (TPSA) is 66.4 Å². The van der Waals surface area contributed by atoms with Gasteiger partial charge < -0.3 is 4.90 Å². The van der Waals surface area contributed by atoms with Gasteiger partial charge in [-0.25, -0.2) is 27.2 Å². The molecule has 0 spiro atoms. The molecular weight excluding hydrogens is 362 g/mol. The van der Waals surface area contributed by atoms with E-state index in [1.165, 1.54) is 10.6 Å². The summed E-state index contributed by atoms with van der Waals surface area (Å²) in [5, 5.41) is 0. The van der Waals surface area contributed by atoms with Crippen molar-refractivity contribution in [1.29, 1.82) is 0 Å². The zero-order chi connectivity index (χ0) is 18.5. The molecule has 26 heavy (non-hydrogen) atoms. The van der Waals surface area contributed by atoms with Crippen LogP contribution in [0.25, 0.3) is 0 Å². The molecule has 0 N–H and O–H groups in total. The van der Waals surface area contributed by atoms with Crippen LogP contribution in [0.1, 0.15) is 5.69 Å². The average molecular weight is 380 g/mol. The summed E-state index contributed by atoms with van der Waals surface area (Å²) in [6.07, 6.45) is 1.52. The normalized spacial score (nSPS) is 23.4. The molecule has 0 aliphatic carbocycles. The monoisotopic (exact) mass is 380 g/mol. The molecular formula is C17H18F2N4O2S. The Balaban J connectivity index is 1.50. The van der Waals surface area contributed by atoms with E-state index >= 15 is 0 Å². The average Bonchev–Trinajstić information content (AvgIpc) is 3.13. The Morgan fingerprint density at radius 3 is 2.15 bits per heavy atom. The molecule has 0 amide bonds. The molecule has 138 valence electrons. The van der Waals surface area contributed by atoms with Gasteiger partial charge in [0.05, 0.1) is 4.90 Å². The largest absolute Gasteiger partial charge is 0.356 e. The molecule has 1 aromatic carbocycles. The van der Waals surface area contributed by atoms with Crippen LogP contribution in [0.2, 0.25) is 0 Å². The first-order chi connectivity index (χ1) is 12.3. The number of anilines is 1. The van der Waals surface area contributed by atoms with Crippen molar-refractivity contribution in [2.45, 2.75) is 11.8 Å². The summed E-state index contributed by atoms with van der Waals surface area (Å²) in [4.78, 5) is 10.2. The molecule has 1 aromatic heterocycles. The highest BCUT2D eigenvalue weighted by Crippen LogP contribution is 2.36. The summed E-state index contributed by atoms with van der Waals surface area (Å²) in [5.74, 6) is -0.619. The quantitative estimate of drug-likeness (QED) is 0.813. The minimum Gasteiger partial charge on any atom is -0.356 e. The number of hydrogen-bond acceptors (Lipinski definition) is 5. The van der Waals surface area contributed by atoms with Crippen LogP contribution in [-0.2, 0) is 10.0 Å². The maximum atomic E-state index is 13.4. The van der Waals surface area contributed by atoms with Crippen molar-refractivity contribution in [3.63, 3.8) is 0 Å². The van der Waals surface area contributed by atoms with Gasteiger partial charge in [-0.3, -0.25) is 0 Å². The van der Waals surface area contributed by atoms with E-state index in [2.05, 4.69) is 14.9 Å². The molecule has 0 bridgehead atoms. The van der Waals surface area contributed by atoms with Crippen LogP contribution in [0.4, 0.5) is 14.6 Å². The fraction of sp³-hybridized carbons (Fsp3) is 0.412. The van der Waals surface area contributed by atoms with Crippen molar-refractivity contribution in [2.24, 2.45) is 11.8 Å². The Bertz CT molecular complexity index is 919. The van der Waals surface area contributed by atoms with Crippen molar-refractivity contribution in [2.75, 3.05) is 31.1 Å². The van der Waals surface area contributed by atoms with Crippen molar-refractivity contribution in [3.05, 3.63) is 47.9 Å². The Morgan fingerprint density at radius 2 is 1.58 bits per heavy atom. The molecule has 2 aliphatic rings. The van der Waals surface area contributed by atoms with Crippen LogP contribution in [0, 0.1) is 30.4 Å². The van der Waals surface area contributed by atoms with Gasteiger partial charge in [0.1, 0.15) is 23.8 Å². The number of aryl methyl sites for hydroxylation is 1. The van der Waals surface area contributed by atoms with E-state index in [0.29, 0.717) is 32.2 Å². The molecule has 4 rings (SSSR count). The first-order valence-electron chi connectivity index (χ1n) is 8.33. The fourth-order valence-corrected chi connectivity index (χ4v) is 5.37. The molecule has 0 saturated carbocycles. The summed E-state index contributed by atoms with van der Waals surface area (Å²) in [5.41, 5.74) is 0.879. The second-order valence-electron chi connectivity index (χ2n) is 6.87.